The lowest BCUT2D eigenvalue weighted by atomic mass is 9.87. The molecule has 0 bridgehead atoms. The molecule has 2 aliphatic heterocycles. The summed E-state index contributed by atoms with van der Waals surface area (Å²) >= 11 is 0. The van der Waals surface area contributed by atoms with Gasteiger partial charge in [0.15, 0.2) is 0 Å². The van der Waals surface area contributed by atoms with Crippen LogP contribution in [0.3, 0.4) is 0 Å². The number of anilines is 1. The zero-order valence-corrected chi connectivity index (χ0v) is 21.4. The van der Waals surface area contributed by atoms with Crippen LogP contribution >= 0.6 is 0 Å². The molecule has 37 heavy (non-hydrogen) atoms. The molecule has 3 heterocycles. The van der Waals surface area contributed by atoms with Gasteiger partial charge in [0.1, 0.15) is 5.82 Å². The highest BCUT2D eigenvalue weighted by atomic mass is 19.1. The normalized spacial score (nSPS) is 22.8. The molecule has 2 saturated heterocycles. The quantitative estimate of drug-likeness (QED) is 0.433. The lowest BCUT2D eigenvalue weighted by Gasteiger charge is -2.36. The van der Waals surface area contributed by atoms with Crippen molar-refractivity contribution in [3.05, 3.63) is 66.1 Å². The van der Waals surface area contributed by atoms with Gasteiger partial charge in [0, 0.05) is 55.0 Å². The number of nitrogens with zero attached hydrogens (tertiary/aromatic N) is 2. The third kappa shape index (κ3) is 6.02. The van der Waals surface area contributed by atoms with Crippen LogP contribution in [0.25, 0.3) is 10.9 Å². The number of likely N-dealkylation sites (N-methyl/N-ethyl adjacent to an activating group) is 1. The zero-order chi connectivity index (χ0) is 25.8. The number of benzene rings is 2. The van der Waals surface area contributed by atoms with Crippen molar-refractivity contribution in [2.75, 3.05) is 38.0 Å². The molecule has 3 N–H and O–H groups in total. The summed E-state index contributed by atoms with van der Waals surface area (Å²) in [7, 11) is 0. The van der Waals surface area contributed by atoms with E-state index in [2.05, 4.69) is 38.4 Å². The Morgan fingerprint density at radius 3 is 2.59 bits per heavy atom. The maximum Gasteiger partial charge on any atom is 0.228 e. The van der Waals surface area contributed by atoms with Gasteiger partial charge < -0.3 is 15.6 Å². The predicted molar refractivity (Wildman–Crippen MR) is 143 cm³/mol. The largest absolute Gasteiger partial charge is 0.361 e. The van der Waals surface area contributed by atoms with Gasteiger partial charge in [-0.05, 0) is 68.2 Å². The third-order valence-electron chi connectivity index (χ3n) is 7.87. The fraction of sp³-hybridized carbons (Fsp3) is 0.448. The predicted octanol–water partition coefficient (Wildman–Crippen LogP) is 3.98. The van der Waals surface area contributed by atoms with Crippen LogP contribution in [0.15, 0.2) is 54.7 Å². The van der Waals surface area contributed by atoms with Crippen LogP contribution in [0.1, 0.15) is 31.7 Å². The summed E-state index contributed by atoms with van der Waals surface area (Å²) in [6.07, 6.45) is 4.78. The Labute approximate surface area is 217 Å². The number of carbonyl (C=O) groups excluding carboxylic acids is 2. The Morgan fingerprint density at radius 2 is 1.81 bits per heavy atom. The van der Waals surface area contributed by atoms with E-state index in [0.717, 1.165) is 36.0 Å². The molecular formula is C29H36FN5O2. The van der Waals surface area contributed by atoms with E-state index in [0.29, 0.717) is 44.3 Å². The Kier molecular flexibility index (Phi) is 7.86. The van der Waals surface area contributed by atoms with Crippen molar-refractivity contribution in [2.24, 2.45) is 11.8 Å². The number of para-hydroxylation sites is 1. The number of aromatic nitrogens is 1. The van der Waals surface area contributed by atoms with E-state index < -0.39 is 0 Å². The molecule has 0 spiro atoms. The molecule has 1 unspecified atom stereocenters. The fourth-order valence-electron chi connectivity index (χ4n) is 5.89. The van der Waals surface area contributed by atoms with Gasteiger partial charge >= 0.3 is 0 Å². The number of nitrogens with one attached hydrogen (secondary N) is 3. The second-order valence-electron chi connectivity index (χ2n) is 10.3. The highest BCUT2D eigenvalue weighted by molar-refractivity contribution is 5.93. The van der Waals surface area contributed by atoms with Crippen LogP contribution in [0.4, 0.5) is 10.1 Å². The van der Waals surface area contributed by atoms with Gasteiger partial charge in [-0.1, -0.05) is 25.1 Å². The molecule has 0 radical (unpaired) electrons. The van der Waals surface area contributed by atoms with Crippen molar-refractivity contribution < 1.29 is 14.0 Å². The van der Waals surface area contributed by atoms with Crippen molar-refractivity contribution in [1.29, 1.82) is 0 Å². The number of H-pyrrole nitrogens is 1. The summed E-state index contributed by atoms with van der Waals surface area (Å²) in [6.45, 7) is 6.71. The van der Waals surface area contributed by atoms with Gasteiger partial charge in [0.25, 0.3) is 0 Å². The first kappa shape index (κ1) is 25.4. The van der Waals surface area contributed by atoms with Crippen LogP contribution in [0.5, 0.6) is 0 Å². The molecule has 2 amide bonds. The van der Waals surface area contributed by atoms with E-state index in [1.807, 2.05) is 24.4 Å². The molecule has 1 aromatic heterocycles. The molecule has 7 nitrogen and oxygen atoms in total. The van der Waals surface area contributed by atoms with Gasteiger partial charge in [-0.3, -0.25) is 19.4 Å². The molecule has 3 atom stereocenters. The maximum atomic E-state index is 13.3. The number of halogens is 1. The van der Waals surface area contributed by atoms with Crippen molar-refractivity contribution >= 4 is 28.4 Å². The van der Waals surface area contributed by atoms with Crippen molar-refractivity contribution in [2.45, 2.75) is 38.8 Å². The van der Waals surface area contributed by atoms with Crippen LogP contribution in [-0.2, 0) is 16.1 Å². The minimum atomic E-state index is -0.349. The summed E-state index contributed by atoms with van der Waals surface area (Å²) in [6, 6.07) is 14.3. The van der Waals surface area contributed by atoms with E-state index in [1.54, 1.807) is 12.1 Å². The number of aromatic amines is 1. The first-order valence-electron chi connectivity index (χ1n) is 13.4. The van der Waals surface area contributed by atoms with E-state index in [1.165, 1.54) is 18.6 Å². The Bertz CT molecular complexity index is 1230. The van der Waals surface area contributed by atoms with Gasteiger partial charge in [0.05, 0.1) is 11.8 Å². The second-order valence-corrected chi connectivity index (χ2v) is 10.3. The van der Waals surface area contributed by atoms with Gasteiger partial charge in [-0.2, -0.15) is 0 Å². The summed E-state index contributed by atoms with van der Waals surface area (Å²) < 4.78 is 13.3. The summed E-state index contributed by atoms with van der Waals surface area (Å²) in [4.78, 5) is 34.6. The number of fused-ring (bicyclic) bond motifs is 1. The Hall–Kier alpha value is -3.23. The molecule has 2 fully saturated rings. The number of likely N-dealkylation sites (tertiary alicyclic amines) is 2. The molecule has 8 heteroatoms. The number of rotatable bonds is 8. The minimum absolute atomic E-state index is 0.0196. The maximum absolute atomic E-state index is 13.3. The second kappa shape index (κ2) is 11.4. The molecule has 3 aromatic rings. The van der Waals surface area contributed by atoms with Gasteiger partial charge in [-0.25, -0.2) is 4.39 Å². The monoisotopic (exact) mass is 505 g/mol. The average molecular weight is 506 g/mol. The zero-order valence-electron chi connectivity index (χ0n) is 21.4. The Balaban J connectivity index is 1.29. The summed E-state index contributed by atoms with van der Waals surface area (Å²) in [5.74, 6) is -1.09. The van der Waals surface area contributed by atoms with Gasteiger partial charge in [0.2, 0.25) is 11.8 Å². The standard InChI is InChI=1S/C29H36FN5O2/c1-2-35-13-5-6-25(35)16-32-28(36)20-14-21(29(37)33-24-11-9-23(30)10-12-24)18-34(17-20)19-22-15-31-27-8-4-3-7-26(22)27/h3-4,7-12,15,20-21,25,31H,2,5-6,13-14,16-19H2,1H3,(H,32,36)(H,33,37)/t20-,21+,25?/m0/s1. The van der Waals surface area contributed by atoms with Crippen LogP contribution in [0, 0.1) is 17.7 Å². The smallest absolute Gasteiger partial charge is 0.228 e. The number of amides is 2. The average Bonchev–Trinajstić information content (AvgIpc) is 3.55. The van der Waals surface area contributed by atoms with E-state index in [9.17, 15) is 14.0 Å². The van der Waals surface area contributed by atoms with E-state index in [-0.39, 0.29) is 29.5 Å². The summed E-state index contributed by atoms with van der Waals surface area (Å²) in [5, 5.41) is 7.27. The summed E-state index contributed by atoms with van der Waals surface area (Å²) in [5.41, 5.74) is 2.78. The van der Waals surface area contributed by atoms with Gasteiger partial charge in [-0.15, -0.1) is 0 Å². The number of carbonyl (C=O) groups is 2. The van der Waals surface area contributed by atoms with Crippen molar-refractivity contribution in [3.63, 3.8) is 0 Å². The number of hydrogen-bond acceptors (Lipinski definition) is 4. The van der Waals surface area contributed by atoms with Crippen molar-refractivity contribution in [3.8, 4) is 0 Å². The van der Waals surface area contributed by atoms with E-state index in [4.69, 9.17) is 0 Å². The molecule has 0 aliphatic carbocycles. The molecule has 196 valence electrons. The lowest BCUT2D eigenvalue weighted by molar-refractivity contribution is -0.130. The minimum Gasteiger partial charge on any atom is -0.361 e. The van der Waals surface area contributed by atoms with Crippen LogP contribution in [-0.4, -0.2) is 65.4 Å². The lowest BCUT2D eigenvalue weighted by Crippen LogP contribution is -2.50. The van der Waals surface area contributed by atoms with E-state index >= 15 is 0 Å². The third-order valence-corrected chi connectivity index (χ3v) is 7.87. The molecule has 2 aliphatic rings. The molecule has 2 aromatic carbocycles. The fourth-order valence-corrected chi connectivity index (χ4v) is 5.89. The van der Waals surface area contributed by atoms with Crippen LogP contribution < -0.4 is 10.6 Å². The molecule has 0 saturated carbocycles. The topological polar surface area (TPSA) is 80.5 Å². The van der Waals surface area contributed by atoms with Crippen LogP contribution in [0.2, 0.25) is 0 Å². The number of hydrogen-bond donors (Lipinski definition) is 3. The van der Waals surface area contributed by atoms with Crippen molar-refractivity contribution in [1.82, 2.24) is 20.1 Å². The first-order valence-corrected chi connectivity index (χ1v) is 13.4. The highest BCUT2D eigenvalue weighted by Gasteiger charge is 2.36. The number of piperidine rings is 1. The molecule has 5 rings (SSSR count). The Morgan fingerprint density at radius 1 is 1.05 bits per heavy atom. The first-order chi connectivity index (χ1) is 18.0. The SMILES string of the molecule is CCN1CCCC1CNC(=O)[C@H]1C[C@@H](C(=O)Nc2ccc(F)cc2)CN(Cc2c[nH]c3ccccc23)C1. The highest BCUT2D eigenvalue weighted by Crippen LogP contribution is 2.27. The molecular weight excluding hydrogens is 469 g/mol.